The van der Waals surface area contributed by atoms with Crippen molar-refractivity contribution in [3.05, 3.63) is 95.6 Å². The minimum Gasteiger partial charge on any atom is -0.447 e. The lowest BCUT2D eigenvalue weighted by Crippen LogP contribution is -2.45. The molecule has 4 atom stereocenters. The Kier molecular flexibility index (Phi) is 8.75. The van der Waals surface area contributed by atoms with E-state index in [2.05, 4.69) is 0 Å². The highest BCUT2D eigenvalue weighted by Crippen LogP contribution is 2.60. The lowest BCUT2D eigenvalue weighted by Gasteiger charge is -2.31. The minimum absolute atomic E-state index is 0.0974. The second-order valence-electron chi connectivity index (χ2n) is 12.8. The summed E-state index contributed by atoms with van der Waals surface area (Å²) in [6.07, 6.45) is -1.30. The van der Waals surface area contributed by atoms with Crippen LogP contribution in [0.5, 0.6) is 0 Å². The molecule has 1 spiro atoms. The topological polar surface area (TPSA) is 99.6 Å². The number of aliphatic hydroxyl groups excluding tert-OH is 1. The lowest BCUT2D eigenvalue weighted by atomic mass is 9.82. The number of hydrogen-bond donors (Lipinski definition) is 1. The van der Waals surface area contributed by atoms with Gasteiger partial charge in [0.25, 0.3) is 5.91 Å². The molecule has 2 saturated heterocycles. The highest BCUT2D eigenvalue weighted by atomic mass is 28.4. The summed E-state index contributed by atoms with van der Waals surface area (Å²) in [6, 6.07) is 24.4. The van der Waals surface area contributed by atoms with Crippen molar-refractivity contribution < 1.29 is 33.1 Å². The third-order valence-corrected chi connectivity index (χ3v) is 12.0. The van der Waals surface area contributed by atoms with Crippen LogP contribution in [0.3, 0.4) is 0 Å². The van der Waals surface area contributed by atoms with Crippen LogP contribution < -0.4 is 9.80 Å². The summed E-state index contributed by atoms with van der Waals surface area (Å²) >= 11 is 0. The van der Waals surface area contributed by atoms with Gasteiger partial charge < -0.3 is 28.5 Å². The van der Waals surface area contributed by atoms with Gasteiger partial charge in [0.15, 0.2) is 5.60 Å². The first kappa shape index (κ1) is 31.9. The van der Waals surface area contributed by atoms with E-state index in [1.807, 2.05) is 85.8 Å². The molecule has 0 aromatic heterocycles. The Morgan fingerprint density at radius 3 is 2.37 bits per heavy atom. The molecule has 3 aliphatic rings. The summed E-state index contributed by atoms with van der Waals surface area (Å²) in [6.45, 7) is 6.42. The van der Waals surface area contributed by atoms with Gasteiger partial charge in [0.05, 0.1) is 37.9 Å². The smallest absolute Gasteiger partial charge is 0.414 e. The van der Waals surface area contributed by atoms with Crippen LogP contribution in [0.1, 0.15) is 30.0 Å². The lowest BCUT2D eigenvalue weighted by molar-refractivity contribution is -0.150. The number of carbonyl (C=O) groups excluding carboxylic acids is 3. The van der Waals surface area contributed by atoms with Gasteiger partial charge in [-0.1, -0.05) is 67.6 Å². The highest BCUT2D eigenvalue weighted by Gasteiger charge is 2.67. The molecule has 3 aliphatic heterocycles. The number of ether oxygens (including phenoxy) is 2. The van der Waals surface area contributed by atoms with Gasteiger partial charge in [0.2, 0.25) is 14.3 Å². The molecule has 0 unspecified atom stereocenters. The standard InChI is InChI=1S/C35H40FN3O6Si/c1-24-32(46(2,3)36)30(21-31(41)37(17-19-40)22-25-9-5-4-6-10-25)45-35(24)28-11-7-8-12-29(28)39(33(35)42)23-26-13-15-27(16-14-26)38-18-20-44-34(38)43/h4-16,24,30,32,40H,17-23H2,1-3H3/t24-,30+,32-,35+/m1/s1. The Morgan fingerprint density at radius 2 is 1.72 bits per heavy atom. The number of anilines is 2. The Hall–Kier alpha value is -4.06. The number of nitrogens with zero attached hydrogens (tertiary/aromatic N) is 3. The number of fused-ring (bicyclic) bond motifs is 2. The van der Waals surface area contributed by atoms with Crippen LogP contribution in [-0.4, -0.2) is 68.7 Å². The Balaban J connectivity index is 1.28. The SMILES string of the molecule is C[C@@H]1[C@@H]([Si](C)(C)F)[C@H](CC(=O)N(CCO)Cc2ccccc2)O[C@@]12C(=O)N(Cc1ccc(N3CCOC3=O)cc1)c1ccccc12. The van der Waals surface area contributed by atoms with Crippen molar-refractivity contribution in [1.82, 2.24) is 4.90 Å². The fraction of sp³-hybridized carbons (Fsp3) is 0.400. The van der Waals surface area contributed by atoms with Crippen molar-refractivity contribution in [2.45, 2.75) is 56.8 Å². The third kappa shape index (κ3) is 5.71. The number of benzene rings is 3. The molecule has 0 saturated carbocycles. The van der Waals surface area contributed by atoms with Crippen molar-refractivity contribution in [2.75, 3.05) is 36.1 Å². The van der Waals surface area contributed by atoms with E-state index in [0.717, 1.165) is 16.8 Å². The molecule has 3 amide bonds. The third-order valence-electron chi connectivity index (χ3n) is 9.53. The Bertz CT molecular complexity index is 1600. The molecular formula is C35H40FN3O6Si. The first-order valence-electron chi connectivity index (χ1n) is 15.8. The zero-order valence-corrected chi connectivity index (χ0v) is 27.4. The second-order valence-corrected chi connectivity index (χ2v) is 16.6. The van der Waals surface area contributed by atoms with Gasteiger partial charge in [0, 0.05) is 35.8 Å². The summed E-state index contributed by atoms with van der Waals surface area (Å²) in [5.41, 5.74) is 1.80. The fourth-order valence-corrected chi connectivity index (χ4v) is 9.96. The number of amides is 3. The highest BCUT2D eigenvalue weighted by molar-refractivity contribution is 6.72. The average molecular weight is 646 g/mol. The van der Waals surface area contributed by atoms with Gasteiger partial charge in [-0.05, 0) is 42.4 Å². The van der Waals surface area contributed by atoms with E-state index in [4.69, 9.17) is 9.47 Å². The molecule has 0 radical (unpaired) electrons. The number of aliphatic hydroxyl groups is 1. The molecule has 0 aliphatic carbocycles. The van der Waals surface area contributed by atoms with Crippen LogP contribution in [0, 0.1) is 5.92 Å². The largest absolute Gasteiger partial charge is 0.447 e. The quantitative estimate of drug-likeness (QED) is 0.235. The molecule has 46 heavy (non-hydrogen) atoms. The maximum atomic E-state index is 16.3. The summed E-state index contributed by atoms with van der Waals surface area (Å²) in [4.78, 5) is 45.2. The van der Waals surface area contributed by atoms with Crippen LogP contribution in [0.15, 0.2) is 78.9 Å². The summed E-state index contributed by atoms with van der Waals surface area (Å²) in [5.74, 6) is -1.06. The molecule has 1 N–H and O–H groups in total. The minimum atomic E-state index is -3.47. The van der Waals surface area contributed by atoms with Crippen LogP contribution in [0.2, 0.25) is 18.6 Å². The molecule has 11 heteroatoms. The first-order valence-corrected chi connectivity index (χ1v) is 18.7. The van der Waals surface area contributed by atoms with Crippen molar-refractivity contribution in [2.24, 2.45) is 5.92 Å². The van der Waals surface area contributed by atoms with Crippen molar-refractivity contribution in [3.63, 3.8) is 0 Å². The Morgan fingerprint density at radius 1 is 1.02 bits per heavy atom. The Labute approximate surface area is 269 Å². The number of carbonyl (C=O) groups is 3. The van der Waals surface area contributed by atoms with E-state index in [-0.39, 0.29) is 44.0 Å². The maximum absolute atomic E-state index is 16.3. The maximum Gasteiger partial charge on any atom is 0.414 e. The van der Waals surface area contributed by atoms with Crippen molar-refractivity contribution >= 4 is 37.7 Å². The van der Waals surface area contributed by atoms with Gasteiger partial charge in [-0.3, -0.25) is 14.5 Å². The first-order chi connectivity index (χ1) is 22.0. The van der Waals surface area contributed by atoms with E-state index in [0.29, 0.717) is 30.9 Å². The normalized spacial score (nSPS) is 24.1. The monoisotopic (exact) mass is 645 g/mol. The number of hydrogen-bond acceptors (Lipinski definition) is 6. The van der Waals surface area contributed by atoms with Crippen LogP contribution in [0.25, 0.3) is 0 Å². The molecule has 3 aromatic rings. The molecule has 2 fully saturated rings. The van der Waals surface area contributed by atoms with Gasteiger partial charge in [0.1, 0.15) is 6.61 Å². The van der Waals surface area contributed by atoms with E-state index in [9.17, 15) is 19.5 Å². The number of rotatable bonds is 10. The molecule has 242 valence electrons. The summed E-state index contributed by atoms with van der Waals surface area (Å²) < 4.78 is 28.1. The predicted octanol–water partition coefficient (Wildman–Crippen LogP) is 5.38. The number of halogens is 1. The van der Waals surface area contributed by atoms with Crippen LogP contribution in [-0.2, 0) is 37.8 Å². The molecule has 3 heterocycles. The van der Waals surface area contributed by atoms with Crippen LogP contribution >= 0.6 is 0 Å². The van der Waals surface area contributed by atoms with E-state index < -0.39 is 31.6 Å². The van der Waals surface area contributed by atoms with Gasteiger partial charge in [-0.2, -0.15) is 0 Å². The summed E-state index contributed by atoms with van der Waals surface area (Å²) in [5, 5.41) is 9.74. The zero-order valence-electron chi connectivity index (χ0n) is 26.4. The van der Waals surface area contributed by atoms with E-state index in [1.54, 1.807) is 27.8 Å². The molecule has 9 nitrogen and oxygen atoms in total. The van der Waals surface area contributed by atoms with Gasteiger partial charge >= 0.3 is 6.09 Å². The molecule has 6 rings (SSSR count). The van der Waals surface area contributed by atoms with E-state index >= 15 is 4.11 Å². The van der Waals surface area contributed by atoms with E-state index in [1.165, 1.54) is 0 Å². The predicted molar refractivity (Wildman–Crippen MR) is 174 cm³/mol. The van der Waals surface area contributed by atoms with Crippen molar-refractivity contribution in [3.8, 4) is 0 Å². The zero-order chi connectivity index (χ0) is 32.6. The summed E-state index contributed by atoms with van der Waals surface area (Å²) in [7, 11) is -3.47. The number of cyclic esters (lactones) is 1. The molecular weight excluding hydrogens is 605 g/mol. The molecule has 0 bridgehead atoms. The van der Waals surface area contributed by atoms with Crippen LogP contribution in [0.4, 0.5) is 20.3 Å². The van der Waals surface area contributed by atoms with Gasteiger partial charge in [-0.25, -0.2) is 4.79 Å². The van der Waals surface area contributed by atoms with Gasteiger partial charge in [-0.15, -0.1) is 0 Å². The molecule has 3 aromatic carbocycles. The second kappa shape index (κ2) is 12.6. The average Bonchev–Trinajstić information content (AvgIpc) is 3.67. The fourth-order valence-electron chi connectivity index (χ4n) is 7.47. The van der Waals surface area contributed by atoms with Crippen molar-refractivity contribution in [1.29, 1.82) is 0 Å². The number of para-hydroxylation sites is 1.